The number of carbonyl (C=O) groups excluding carboxylic acids is 2. The van der Waals surface area contributed by atoms with Gasteiger partial charge in [0.05, 0.1) is 11.4 Å². The van der Waals surface area contributed by atoms with Crippen molar-refractivity contribution in [2.75, 3.05) is 23.7 Å². The maximum Gasteiger partial charge on any atom is 0.322 e. The van der Waals surface area contributed by atoms with Crippen LogP contribution in [-0.2, 0) is 11.2 Å². The molecule has 3 amide bonds. The lowest BCUT2D eigenvalue weighted by Crippen LogP contribution is -2.41. The lowest BCUT2D eigenvalue weighted by atomic mass is 10.1. The SMILES string of the molecule is CCCCN(CC(=O)Nc1cc(-c2ccccc2)nn1-c1ccccc1)C(=O)Nc1ccc(CC)cc1. The smallest absolute Gasteiger partial charge is 0.315 e. The number of carbonyl (C=O) groups is 2. The van der Waals surface area contributed by atoms with Crippen LogP contribution in [0.2, 0.25) is 0 Å². The molecule has 3 aromatic carbocycles. The number of urea groups is 1. The Balaban J connectivity index is 1.52. The highest BCUT2D eigenvalue weighted by Crippen LogP contribution is 2.24. The highest BCUT2D eigenvalue weighted by Gasteiger charge is 2.19. The monoisotopic (exact) mass is 495 g/mol. The van der Waals surface area contributed by atoms with E-state index in [0.717, 1.165) is 36.2 Å². The summed E-state index contributed by atoms with van der Waals surface area (Å²) in [6.07, 6.45) is 2.65. The molecule has 4 aromatic rings. The number of para-hydroxylation sites is 1. The molecule has 0 saturated heterocycles. The highest BCUT2D eigenvalue weighted by molar-refractivity contribution is 5.97. The van der Waals surface area contributed by atoms with Gasteiger partial charge in [0.2, 0.25) is 5.91 Å². The van der Waals surface area contributed by atoms with Gasteiger partial charge in [-0.1, -0.05) is 80.9 Å². The molecule has 0 saturated carbocycles. The lowest BCUT2D eigenvalue weighted by Gasteiger charge is -2.22. The van der Waals surface area contributed by atoms with E-state index in [9.17, 15) is 9.59 Å². The summed E-state index contributed by atoms with van der Waals surface area (Å²) >= 11 is 0. The van der Waals surface area contributed by atoms with Gasteiger partial charge in [0.15, 0.2) is 0 Å². The highest BCUT2D eigenvalue weighted by atomic mass is 16.2. The van der Waals surface area contributed by atoms with Gasteiger partial charge in [-0.05, 0) is 42.7 Å². The van der Waals surface area contributed by atoms with Crippen LogP contribution in [0, 0.1) is 0 Å². The number of rotatable bonds is 10. The normalized spacial score (nSPS) is 10.6. The Labute approximate surface area is 218 Å². The maximum absolute atomic E-state index is 13.2. The van der Waals surface area contributed by atoms with Crippen LogP contribution in [0.5, 0.6) is 0 Å². The van der Waals surface area contributed by atoms with E-state index in [1.807, 2.05) is 91.0 Å². The topological polar surface area (TPSA) is 79.3 Å². The molecule has 0 fully saturated rings. The Kier molecular flexibility index (Phi) is 8.70. The number of amides is 3. The van der Waals surface area contributed by atoms with Gasteiger partial charge in [-0.3, -0.25) is 4.79 Å². The van der Waals surface area contributed by atoms with Crippen molar-refractivity contribution in [3.8, 4) is 16.9 Å². The lowest BCUT2D eigenvalue weighted by molar-refractivity contribution is -0.116. The Morgan fingerprint density at radius 2 is 1.54 bits per heavy atom. The third-order valence-corrected chi connectivity index (χ3v) is 6.06. The number of hydrogen-bond donors (Lipinski definition) is 2. The van der Waals surface area contributed by atoms with Gasteiger partial charge in [0.1, 0.15) is 12.4 Å². The average Bonchev–Trinajstić information content (AvgIpc) is 3.36. The molecule has 7 heteroatoms. The summed E-state index contributed by atoms with van der Waals surface area (Å²) in [5.74, 6) is 0.255. The van der Waals surface area contributed by atoms with Gasteiger partial charge >= 0.3 is 6.03 Å². The van der Waals surface area contributed by atoms with Crippen molar-refractivity contribution in [2.24, 2.45) is 0 Å². The first kappa shape index (κ1) is 25.7. The number of benzene rings is 3. The molecular weight excluding hydrogens is 462 g/mol. The van der Waals surface area contributed by atoms with Crippen LogP contribution in [-0.4, -0.2) is 39.7 Å². The quantitative estimate of drug-likeness (QED) is 0.268. The fourth-order valence-electron chi connectivity index (χ4n) is 3.97. The Morgan fingerprint density at radius 3 is 2.19 bits per heavy atom. The van der Waals surface area contributed by atoms with Crippen molar-refractivity contribution >= 4 is 23.4 Å². The number of nitrogens with one attached hydrogen (secondary N) is 2. The molecule has 4 rings (SSSR count). The first-order valence-electron chi connectivity index (χ1n) is 12.7. The Hall–Kier alpha value is -4.39. The fraction of sp³-hybridized carbons (Fsp3) is 0.233. The molecule has 190 valence electrons. The van der Waals surface area contributed by atoms with Crippen molar-refractivity contribution < 1.29 is 9.59 Å². The largest absolute Gasteiger partial charge is 0.322 e. The number of anilines is 2. The Morgan fingerprint density at radius 1 is 0.865 bits per heavy atom. The van der Waals surface area contributed by atoms with Gasteiger partial charge in [-0.15, -0.1) is 0 Å². The van der Waals surface area contributed by atoms with E-state index in [0.29, 0.717) is 18.1 Å². The number of hydrogen-bond acceptors (Lipinski definition) is 3. The predicted octanol–water partition coefficient (Wildman–Crippen LogP) is 6.37. The fourth-order valence-corrected chi connectivity index (χ4v) is 3.97. The molecule has 0 aliphatic carbocycles. The summed E-state index contributed by atoms with van der Waals surface area (Å²) in [5.41, 5.74) is 4.43. The first-order chi connectivity index (χ1) is 18.1. The molecule has 0 radical (unpaired) electrons. The van der Waals surface area contributed by atoms with Crippen LogP contribution in [0.25, 0.3) is 16.9 Å². The minimum absolute atomic E-state index is 0.0699. The number of aromatic nitrogens is 2. The van der Waals surface area contributed by atoms with Crippen molar-refractivity contribution in [3.63, 3.8) is 0 Å². The molecule has 2 N–H and O–H groups in total. The number of unbranched alkanes of at least 4 members (excludes halogenated alkanes) is 1. The molecule has 0 spiro atoms. The summed E-state index contributed by atoms with van der Waals surface area (Å²) in [7, 11) is 0. The standard InChI is InChI=1S/C30H33N5O2/c1-3-5-20-34(30(37)31-25-18-16-23(4-2)17-19-25)22-29(36)32-28-21-27(24-12-8-6-9-13-24)33-35(28)26-14-10-7-11-15-26/h6-19,21H,3-5,20,22H2,1-2H3,(H,31,37)(H,32,36). The van der Waals surface area contributed by atoms with Crippen molar-refractivity contribution in [3.05, 3.63) is 96.6 Å². The van der Waals surface area contributed by atoms with Gasteiger partial charge in [-0.25, -0.2) is 9.48 Å². The molecule has 7 nitrogen and oxygen atoms in total. The summed E-state index contributed by atoms with van der Waals surface area (Å²) in [5, 5.41) is 10.7. The van der Waals surface area contributed by atoms with Crippen molar-refractivity contribution in [1.82, 2.24) is 14.7 Å². The predicted molar refractivity (Wildman–Crippen MR) is 149 cm³/mol. The van der Waals surface area contributed by atoms with Crippen LogP contribution < -0.4 is 10.6 Å². The zero-order valence-electron chi connectivity index (χ0n) is 21.4. The number of aryl methyl sites for hydroxylation is 1. The zero-order valence-corrected chi connectivity index (χ0v) is 21.4. The van der Waals surface area contributed by atoms with E-state index in [4.69, 9.17) is 5.10 Å². The number of nitrogens with zero attached hydrogens (tertiary/aromatic N) is 3. The van der Waals surface area contributed by atoms with Crippen molar-refractivity contribution in [2.45, 2.75) is 33.1 Å². The van der Waals surface area contributed by atoms with E-state index < -0.39 is 0 Å². The molecule has 0 bridgehead atoms. The second-order valence-corrected chi connectivity index (χ2v) is 8.83. The summed E-state index contributed by atoms with van der Waals surface area (Å²) in [6.45, 7) is 4.56. The van der Waals surface area contributed by atoms with Gasteiger partial charge in [0, 0.05) is 23.9 Å². The third kappa shape index (κ3) is 6.85. The third-order valence-electron chi connectivity index (χ3n) is 6.06. The van der Waals surface area contributed by atoms with Crippen LogP contribution in [0.1, 0.15) is 32.3 Å². The van der Waals surface area contributed by atoms with E-state index in [1.54, 1.807) is 9.58 Å². The molecule has 0 aliphatic rings. The molecule has 1 heterocycles. The van der Waals surface area contributed by atoms with Crippen LogP contribution in [0.15, 0.2) is 91.0 Å². The summed E-state index contributed by atoms with van der Waals surface area (Å²) < 4.78 is 1.71. The van der Waals surface area contributed by atoms with Crippen molar-refractivity contribution in [1.29, 1.82) is 0 Å². The van der Waals surface area contributed by atoms with E-state index >= 15 is 0 Å². The molecule has 0 aliphatic heterocycles. The van der Waals surface area contributed by atoms with Gasteiger partial charge < -0.3 is 15.5 Å². The minimum Gasteiger partial charge on any atom is -0.315 e. The zero-order chi connectivity index (χ0) is 26.0. The van der Waals surface area contributed by atoms with Gasteiger partial charge in [0.25, 0.3) is 0 Å². The first-order valence-corrected chi connectivity index (χ1v) is 12.7. The molecular formula is C30H33N5O2. The van der Waals surface area contributed by atoms with E-state index in [1.165, 1.54) is 5.56 Å². The summed E-state index contributed by atoms with van der Waals surface area (Å²) in [4.78, 5) is 27.8. The molecule has 0 atom stereocenters. The van der Waals surface area contributed by atoms with E-state index in [-0.39, 0.29) is 18.5 Å². The van der Waals surface area contributed by atoms with Crippen LogP contribution >= 0.6 is 0 Å². The minimum atomic E-state index is -0.297. The molecule has 37 heavy (non-hydrogen) atoms. The summed E-state index contributed by atoms with van der Waals surface area (Å²) in [6, 6.07) is 28.8. The molecule has 1 aromatic heterocycles. The maximum atomic E-state index is 13.2. The second kappa shape index (κ2) is 12.5. The van der Waals surface area contributed by atoms with E-state index in [2.05, 4.69) is 24.5 Å². The van der Waals surface area contributed by atoms with Crippen LogP contribution in [0.3, 0.4) is 0 Å². The average molecular weight is 496 g/mol. The van der Waals surface area contributed by atoms with Gasteiger partial charge in [-0.2, -0.15) is 5.10 Å². The molecule has 0 unspecified atom stereocenters. The Bertz CT molecular complexity index is 1300. The van der Waals surface area contributed by atoms with Crippen LogP contribution in [0.4, 0.5) is 16.3 Å². The second-order valence-electron chi connectivity index (χ2n) is 8.83.